The zero-order valence-electron chi connectivity index (χ0n) is 11.4. The van der Waals surface area contributed by atoms with Crippen molar-refractivity contribution in [3.05, 3.63) is 38.3 Å². The van der Waals surface area contributed by atoms with Crippen LogP contribution in [0.2, 0.25) is 0 Å². The van der Waals surface area contributed by atoms with Crippen LogP contribution in [0.1, 0.15) is 36.0 Å². The topological polar surface area (TPSA) is 92.5 Å². The van der Waals surface area contributed by atoms with Crippen molar-refractivity contribution in [3.8, 4) is 0 Å². The van der Waals surface area contributed by atoms with E-state index in [0.29, 0.717) is 17.4 Å². The van der Waals surface area contributed by atoms with Gasteiger partial charge in [0.2, 0.25) is 0 Å². The summed E-state index contributed by atoms with van der Waals surface area (Å²) in [5.41, 5.74) is 0.136. The molecule has 1 aliphatic carbocycles. The second-order valence-electron chi connectivity index (χ2n) is 5.32. The number of nitrogens with zero attached hydrogens (tertiary/aromatic N) is 1. The van der Waals surface area contributed by atoms with E-state index in [0.717, 1.165) is 19.3 Å². The molecule has 114 valence electrons. The molecular formula is C14H17BrN2O4. The van der Waals surface area contributed by atoms with Crippen LogP contribution >= 0.6 is 15.9 Å². The van der Waals surface area contributed by atoms with Crippen molar-refractivity contribution in [3.63, 3.8) is 0 Å². The third kappa shape index (κ3) is 4.25. The van der Waals surface area contributed by atoms with Gasteiger partial charge in [-0.3, -0.25) is 14.9 Å². The Kier molecular flexibility index (Phi) is 5.30. The molecule has 2 unspecified atom stereocenters. The van der Waals surface area contributed by atoms with E-state index < -0.39 is 4.92 Å². The van der Waals surface area contributed by atoms with Crippen LogP contribution < -0.4 is 5.32 Å². The minimum absolute atomic E-state index is 0.129. The average molecular weight is 357 g/mol. The number of carbonyl (C=O) groups is 1. The van der Waals surface area contributed by atoms with Gasteiger partial charge in [0.15, 0.2) is 0 Å². The number of amides is 1. The summed E-state index contributed by atoms with van der Waals surface area (Å²) in [5.74, 6) is -0.0613. The van der Waals surface area contributed by atoms with Crippen molar-refractivity contribution in [2.24, 2.45) is 5.92 Å². The zero-order chi connectivity index (χ0) is 15.4. The van der Waals surface area contributed by atoms with Gasteiger partial charge in [0.05, 0.1) is 15.5 Å². The summed E-state index contributed by atoms with van der Waals surface area (Å²) in [6.07, 6.45) is 3.18. The number of aliphatic hydroxyl groups is 1. The van der Waals surface area contributed by atoms with E-state index in [2.05, 4.69) is 21.2 Å². The maximum atomic E-state index is 12.0. The van der Waals surface area contributed by atoms with Gasteiger partial charge in [-0.1, -0.05) is 6.42 Å². The second kappa shape index (κ2) is 7.00. The van der Waals surface area contributed by atoms with Crippen LogP contribution in [0, 0.1) is 16.0 Å². The summed E-state index contributed by atoms with van der Waals surface area (Å²) in [4.78, 5) is 22.4. The Bertz CT molecular complexity index is 550. The molecule has 1 aromatic rings. The summed E-state index contributed by atoms with van der Waals surface area (Å²) in [5, 5.41) is 23.2. The fourth-order valence-electron chi connectivity index (χ4n) is 2.58. The van der Waals surface area contributed by atoms with Crippen LogP contribution in [-0.2, 0) is 0 Å². The Morgan fingerprint density at radius 2 is 2.24 bits per heavy atom. The van der Waals surface area contributed by atoms with E-state index in [1.165, 1.54) is 12.1 Å². The molecule has 1 amide bonds. The summed E-state index contributed by atoms with van der Waals surface area (Å²) in [6.45, 7) is 0.486. The van der Waals surface area contributed by atoms with Crippen LogP contribution in [0.5, 0.6) is 0 Å². The Labute approximate surface area is 130 Å². The minimum atomic E-state index is -0.529. The van der Waals surface area contributed by atoms with Gasteiger partial charge in [0.25, 0.3) is 11.6 Å². The Morgan fingerprint density at radius 3 is 2.90 bits per heavy atom. The molecule has 21 heavy (non-hydrogen) atoms. The maximum Gasteiger partial charge on any atom is 0.284 e. The van der Waals surface area contributed by atoms with Crippen LogP contribution in [0.15, 0.2) is 22.7 Å². The normalized spacial score (nSPS) is 21.8. The summed E-state index contributed by atoms with van der Waals surface area (Å²) >= 11 is 3.09. The predicted octanol–water partition coefficient (Wildman–Crippen LogP) is 2.64. The highest BCUT2D eigenvalue weighted by molar-refractivity contribution is 9.10. The van der Waals surface area contributed by atoms with Gasteiger partial charge in [-0.15, -0.1) is 0 Å². The van der Waals surface area contributed by atoms with E-state index in [9.17, 15) is 20.0 Å². The number of rotatable bonds is 4. The van der Waals surface area contributed by atoms with Crippen molar-refractivity contribution >= 4 is 27.5 Å². The fourth-order valence-corrected chi connectivity index (χ4v) is 2.97. The Morgan fingerprint density at radius 1 is 1.48 bits per heavy atom. The molecule has 0 aliphatic heterocycles. The van der Waals surface area contributed by atoms with Crippen LogP contribution in [0.3, 0.4) is 0 Å². The van der Waals surface area contributed by atoms with Gasteiger partial charge in [-0.2, -0.15) is 0 Å². The average Bonchev–Trinajstić information content (AvgIpc) is 2.45. The molecule has 0 saturated heterocycles. The standard InChI is InChI=1S/C14H17BrN2O4/c15-12-5-4-10(7-13(12)17(20)21)14(19)16-8-9-2-1-3-11(18)6-9/h4-5,7,9,11,18H,1-3,6,8H2,(H,16,19). The quantitative estimate of drug-likeness (QED) is 0.640. The first-order chi connectivity index (χ1) is 9.97. The second-order valence-corrected chi connectivity index (χ2v) is 6.17. The van der Waals surface area contributed by atoms with Crippen LogP contribution in [0.25, 0.3) is 0 Å². The Balaban J connectivity index is 1.97. The first-order valence-corrected chi connectivity index (χ1v) is 7.67. The molecule has 1 aromatic carbocycles. The first-order valence-electron chi connectivity index (χ1n) is 6.87. The SMILES string of the molecule is O=C(NCC1CCCC(O)C1)c1ccc(Br)c([N+](=O)[O-])c1. The van der Waals surface area contributed by atoms with Gasteiger partial charge in [-0.05, 0) is 53.2 Å². The highest BCUT2D eigenvalue weighted by Crippen LogP contribution is 2.26. The van der Waals surface area contributed by atoms with E-state index in [1.807, 2.05) is 0 Å². The molecule has 2 atom stereocenters. The molecular weight excluding hydrogens is 340 g/mol. The van der Waals surface area contributed by atoms with Crippen molar-refractivity contribution in [2.75, 3.05) is 6.54 Å². The third-order valence-corrected chi connectivity index (χ3v) is 4.38. The number of nitro groups is 1. The van der Waals surface area contributed by atoms with Gasteiger partial charge in [-0.25, -0.2) is 0 Å². The lowest BCUT2D eigenvalue weighted by Gasteiger charge is -2.25. The van der Waals surface area contributed by atoms with Crippen LogP contribution in [-0.4, -0.2) is 28.6 Å². The molecule has 7 heteroatoms. The molecule has 0 heterocycles. The molecule has 0 aromatic heterocycles. The smallest absolute Gasteiger partial charge is 0.284 e. The molecule has 1 fully saturated rings. The highest BCUT2D eigenvalue weighted by atomic mass is 79.9. The number of nitrogens with one attached hydrogen (secondary N) is 1. The molecule has 1 saturated carbocycles. The van der Waals surface area contributed by atoms with Crippen molar-refractivity contribution < 1.29 is 14.8 Å². The van der Waals surface area contributed by atoms with Gasteiger partial charge >= 0.3 is 0 Å². The number of carbonyl (C=O) groups excluding carboxylic acids is 1. The van der Waals surface area contributed by atoms with E-state index >= 15 is 0 Å². The number of hydrogen-bond acceptors (Lipinski definition) is 4. The van der Waals surface area contributed by atoms with E-state index in [1.54, 1.807) is 6.07 Å². The van der Waals surface area contributed by atoms with Crippen molar-refractivity contribution in [1.29, 1.82) is 0 Å². The molecule has 0 spiro atoms. The highest BCUT2D eigenvalue weighted by Gasteiger charge is 2.21. The summed E-state index contributed by atoms with van der Waals surface area (Å²) in [7, 11) is 0. The fraction of sp³-hybridized carbons (Fsp3) is 0.500. The molecule has 2 rings (SSSR count). The molecule has 0 radical (unpaired) electrons. The predicted molar refractivity (Wildman–Crippen MR) is 81.1 cm³/mol. The van der Waals surface area contributed by atoms with E-state index in [4.69, 9.17) is 0 Å². The minimum Gasteiger partial charge on any atom is -0.393 e. The number of hydrogen-bond donors (Lipinski definition) is 2. The Hall–Kier alpha value is -1.47. The molecule has 0 bridgehead atoms. The van der Waals surface area contributed by atoms with E-state index in [-0.39, 0.29) is 29.2 Å². The molecule has 2 N–H and O–H groups in total. The number of aliphatic hydroxyl groups excluding tert-OH is 1. The largest absolute Gasteiger partial charge is 0.393 e. The zero-order valence-corrected chi connectivity index (χ0v) is 13.0. The number of nitro benzene ring substituents is 1. The lowest BCUT2D eigenvalue weighted by Crippen LogP contribution is -2.33. The number of benzene rings is 1. The lowest BCUT2D eigenvalue weighted by atomic mass is 9.87. The molecule has 1 aliphatic rings. The monoisotopic (exact) mass is 356 g/mol. The first kappa shape index (κ1) is 15.9. The van der Waals surface area contributed by atoms with Gasteiger partial charge < -0.3 is 10.4 Å². The van der Waals surface area contributed by atoms with Crippen molar-refractivity contribution in [1.82, 2.24) is 5.32 Å². The third-order valence-electron chi connectivity index (χ3n) is 3.71. The van der Waals surface area contributed by atoms with Crippen LogP contribution in [0.4, 0.5) is 5.69 Å². The lowest BCUT2D eigenvalue weighted by molar-refractivity contribution is -0.385. The molecule has 6 nitrogen and oxygen atoms in total. The number of halogens is 1. The maximum absolute atomic E-state index is 12.0. The van der Waals surface area contributed by atoms with Gasteiger partial charge in [0, 0.05) is 18.2 Å². The van der Waals surface area contributed by atoms with Gasteiger partial charge in [0.1, 0.15) is 0 Å². The summed E-state index contributed by atoms with van der Waals surface area (Å²) in [6, 6.07) is 4.30. The van der Waals surface area contributed by atoms with Crippen molar-refractivity contribution in [2.45, 2.75) is 31.8 Å². The summed E-state index contributed by atoms with van der Waals surface area (Å²) < 4.78 is 0.347.